The minimum atomic E-state index is 0.491. The molecule has 0 saturated carbocycles. The summed E-state index contributed by atoms with van der Waals surface area (Å²) in [5.41, 5.74) is 2.22. The number of guanidine groups is 1. The van der Waals surface area contributed by atoms with E-state index in [1.54, 1.807) is 11.8 Å². The molecule has 1 heterocycles. The zero-order valence-corrected chi connectivity index (χ0v) is 15.7. The number of benzene rings is 1. The molecule has 6 heteroatoms. The van der Waals surface area contributed by atoms with Crippen molar-refractivity contribution in [2.24, 2.45) is 4.99 Å². The van der Waals surface area contributed by atoms with Gasteiger partial charge >= 0.3 is 0 Å². The van der Waals surface area contributed by atoms with Gasteiger partial charge in [0.25, 0.3) is 0 Å². The van der Waals surface area contributed by atoms with Crippen LogP contribution in [0.15, 0.2) is 44.7 Å². The van der Waals surface area contributed by atoms with Crippen LogP contribution in [0.3, 0.4) is 0 Å². The second kappa shape index (κ2) is 9.37. The molecular weight excluding hydrogens is 320 g/mol. The molecule has 0 aliphatic carbocycles. The van der Waals surface area contributed by atoms with Gasteiger partial charge in [-0.25, -0.2) is 4.99 Å². The minimum Gasteiger partial charge on any atom is -0.359 e. The van der Waals surface area contributed by atoms with E-state index >= 15 is 0 Å². The topological polar surface area (TPSA) is 53.7 Å². The van der Waals surface area contributed by atoms with Crippen molar-refractivity contribution in [3.05, 3.63) is 47.3 Å². The predicted octanol–water partition coefficient (Wildman–Crippen LogP) is 3.56. The molecule has 0 fully saturated rings. The van der Waals surface area contributed by atoms with Crippen LogP contribution in [0.25, 0.3) is 0 Å². The van der Waals surface area contributed by atoms with Crippen molar-refractivity contribution in [1.29, 1.82) is 0 Å². The highest BCUT2D eigenvalue weighted by Gasteiger charge is 2.08. The summed E-state index contributed by atoms with van der Waals surface area (Å²) in [6.45, 7) is 6.25. The van der Waals surface area contributed by atoms with Crippen LogP contribution in [0.5, 0.6) is 0 Å². The molecule has 2 rings (SSSR count). The van der Waals surface area contributed by atoms with Crippen LogP contribution in [0.1, 0.15) is 30.9 Å². The number of rotatable bonds is 7. The van der Waals surface area contributed by atoms with Crippen molar-refractivity contribution >= 4 is 17.7 Å². The molecule has 0 atom stereocenters. The second-order valence-corrected chi connectivity index (χ2v) is 6.39. The van der Waals surface area contributed by atoms with Crippen molar-refractivity contribution in [1.82, 2.24) is 15.4 Å². The number of hydrogen-bond donors (Lipinski definition) is 1. The Bertz CT molecular complexity index is 651. The molecule has 130 valence electrons. The Hall–Kier alpha value is -1.95. The first-order valence-corrected chi connectivity index (χ1v) is 9.45. The molecular formula is C18H26N4OS. The lowest BCUT2D eigenvalue weighted by atomic mass is 10.2. The first-order chi connectivity index (χ1) is 11.7. The number of thioether (sulfide) groups is 1. The molecule has 1 N–H and O–H groups in total. The number of aliphatic imine (C=N–C) groups is 1. The summed E-state index contributed by atoms with van der Waals surface area (Å²) in [7, 11) is 2.04. The van der Waals surface area contributed by atoms with Gasteiger partial charge in [0.2, 0.25) is 0 Å². The third kappa shape index (κ3) is 5.30. The van der Waals surface area contributed by atoms with E-state index in [1.165, 1.54) is 10.5 Å². The second-order valence-electron chi connectivity index (χ2n) is 5.51. The zero-order valence-electron chi connectivity index (χ0n) is 14.9. The van der Waals surface area contributed by atoms with Crippen LogP contribution in [-0.4, -0.2) is 35.9 Å². The van der Waals surface area contributed by atoms with Crippen LogP contribution in [0.2, 0.25) is 0 Å². The molecule has 5 nitrogen and oxygen atoms in total. The maximum absolute atomic E-state index is 5.30. The molecule has 24 heavy (non-hydrogen) atoms. The third-order valence-corrected chi connectivity index (χ3v) is 4.37. The highest BCUT2D eigenvalue weighted by molar-refractivity contribution is 7.98. The summed E-state index contributed by atoms with van der Waals surface area (Å²) in [4.78, 5) is 8.05. The summed E-state index contributed by atoms with van der Waals surface area (Å²) >= 11 is 1.75. The maximum Gasteiger partial charge on any atom is 0.194 e. The van der Waals surface area contributed by atoms with Gasteiger partial charge in [-0.3, -0.25) is 0 Å². The lowest BCUT2D eigenvalue weighted by molar-refractivity contribution is 0.378. The van der Waals surface area contributed by atoms with Crippen molar-refractivity contribution in [3.8, 4) is 0 Å². The summed E-state index contributed by atoms with van der Waals surface area (Å²) in [5.74, 6) is 1.65. The van der Waals surface area contributed by atoms with Gasteiger partial charge in [0, 0.05) is 31.1 Å². The summed E-state index contributed by atoms with van der Waals surface area (Å²) in [6, 6.07) is 10.6. The molecule has 0 bridgehead atoms. The van der Waals surface area contributed by atoms with Gasteiger partial charge in [0.15, 0.2) is 11.7 Å². The van der Waals surface area contributed by atoms with E-state index in [0.29, 0.717) is 6.54 Å². The minimum absolute atomic E-state index is 0.491. The van der Waals surface area contributed by atoms with Crippen LogP contribution < -0.4 is 5.32 Å². The Morgan fingerprint density at radius 2 is 2.04 bits per heavy atom. The van der Waals surface area contributed by atoms with E-state index < -0.39 is 0 Å². The number of nitrogens with one attached hydrogen (secondary N) is 1. The fraction of sp³-hybridized carbons (Fsp3) is 0.444. The summed E-state index contributed by atoms with van der Waals surface area (Å²) < 4.78 is 5.30. The summed E-state index contributed by atoms with van der Waals surface area (Å²) in [5, 5.41) is 7.33. The van der Waals surface area contributed by atoms with Gasteiger partial charge in [0.05, 0.1) is 5.69 Å². The fourth-order valence-corrected chi connectivity index (χ4v) is 2.71. The lowest BCUT2D eigenvalue weighted by Crippen LogP contribution is -2.38. The highest BCUT2D eigenvalue weighted by atomic mass is 32.2. The average molecular weight is 346 g/mol. The average Bonchev–Trinajstić information content (AvgIpc) is 3.07. The van der Waals surface area contributed by atoms with Gasteiger partial charge < -0.3 is 14.7 Å². The molecule has 0 aliphatic rings. The van der Waals surface area contributed by atoms with Gasteiger partial charge in [-0.2, -0.15) is 0 Å². The Labute approximate surface area is 148 Å². The Kier molecular flexibility index (Phi) is 7.18. The van der Waals surface area contributed by atoms with Crippen LogP contribution >= 0.6 is 11.8 Å². The number of nitrogens with zero attached hydrogens (tertiary/aromatic N) is 3. The Balaban J connectivity index is 2.02. The normalized spacial score (nSPS) is 11.6. The van der Waals surface area contributed by atoms with Gasteiger partial charge in [-0.15, -0.1) is 11.8 Å². The molecule has 1 aromatic carbocycles. The smallest absolute Gasteiger partial charge is 0.194 e. The van der Waals surface area contributed by atoms with Crippen LogP contribution in [0, 0.1) is 0 Å². The molecule has 1 aromatic heterocycles. The lowest BCUT2D eigenvalue weighted by Gasteiger charge is -2.22. The van der Waals surface area contributed by atoms with Gasteiger partial charge in [-0.05, 0) is 37.3 Å². The largest absolute Gasteiger partial charge is 0.359 e. The molecule has 0 radical (unpaired) electrons. The predicted molar refractivity (Wildman–Crippen MR) is 100 cm³/mol. The Morgan fingerprint density at radius 1 is 1.29 bits per heavy atom. The molecule has 0 spiro atoms. The van der Waals surface area contributed by atoms with E-state index in [0.717, 1.165) is 36.9 Å². The zero-order chi connectivity index (χ0) is 17.4. The van der Waals surface area contributed by atoms with E-state index in [-0.39, 0.29) is 0 Å². The number of hydrogen-bond acceptors (Lipinski definition) is 4. The maximum atomic E-state index is 5.30. The SMILES string of the molecule is CCNC(=NCc1cc(CC)no1)N(C)Cc1ccc(SC)cc1. The van der Waals surface area contributed by atoms with Crippen molar-refractivity contribution < 1.29 is 4.52 Å². The monoisotopic (exact) mass is 346 g/mol. The van der Waals surface area contributed by atoms with E-state index in [1.807, 2.05) is 13.1 Å². The van der Waals surface area contributed by atoms with E-state index in [9.17, 15) is 0 Å². The first-order valence-electron chi connectivity index (χ1n) is 8.23. The number of aryl methyl sites for hydroxylation is 1. The van der Waals surface area contributed by atoms with Crippen molar-refractivity contribution in [2.45, 2.75) is 38.3 Å². The fourth-order valence-electron chi connectivity index (χ4n) is 2.30. The van der Waals surface area contributed by atoms with E-state index in [2.05, 4.69) is 64.7 Å². The first kappa shape index (κ1) is 18.4. The molecule has 0 saturated heterocycles. The third-order valence-electron chi connectivity index (χ3n) is 3.63. The molecule has 0 unspecified atom stereocenters. The quantitative estimate of drug-likeness (QED) is 0.472. The van der Waals surface area contributed by atoms with Crippen LogP contribution in [0.4, 0.5) is 0 Å². The Morgan fingerprint density at radius 3 is 2.62 bits per heavy atom. The molecule has 2 aromatic rings. The standard InChI is InChI=1S/C18H26N4OS/c1-5-15-11-16(23-21-15)12-20-18(19-6-2)22(3)13-14-7-9-17(24-4)10-8-14/h7-11H,5-6,12-13H2,1-4H3,(H,19,20). The molecule has 0 amide bonds. The van der Waals surface area contributed by atoms with E-state index in [4.69, 9.17) is 4.52 Å². The van der Waals surface area contributed by atoms with Crippen molar-refractivity contribution in [2.75, 3.05) is 19.8 Å². The number of aromatic nitrogens is 1. The van der Waals surface area contributed by atoms with Crippen LogP contribution in [-0.2, 0) is 19.5 Å². The summed E-state index contributed by atoms with van der Waals surface area (Å²) in [6.07, 6.45) is 2.96. The highest BCUT2D eigenvalue weighted by Crippen LogP contribution is 2.15. The van der Waals surface area contributed by atoms with Gasteiger partial charge in [-0.1, -0.05) is 24.2 Å². The molecule has 0 aliphatic heterocycles. The van der Waals surface area contributed by atoms with Gasteiger partial charge in [0.1, 0.15) is 6.54 Å². The van der Waals surface area contributed by atoms with Crippen molar-refractivity contribution in [3.63, 3.8) is 0 Å².